The minimum absolute atomic E-state index is 0. The van der Waals surface area contributed by atoms with Gasteiger partial charge in [-0.2, -0.15) is 0 Å². The first-order chi connectivity index (χ1) is 8.25. The smallest absolute Gasteiger partial charge is 0.123 e. The van der Waals surface area contributed by atoms with Crippen molar-refractivity contribution in [1.29, 1.82) is 0 Å². The molecule has 0 spiro atoms. The van der Waals surface area contributed by atoms with E-state index in [2.05, 4.69) is 0 Å². The van der Waals surface area contributed by atoms with Crippen molar-refractivity contribution in [3.63, 3.8) is 0 Å². The third-order valence-corrected chi connectivity index (χ3v) is 2.88. The van der Waals surface area contributed by atoms with Gasteiger partial charge >= 0.3 is 0 Å². The van der Waals surface area contributed by atoms with Crippen LogP contribution in [0.25, 0.3) is 0 Å². The van der Waals surface area contributed by atoms with Crippen molar-refractivity contribution < 1.29 is 4.39 Å². The zero-order valence-corrected chi connectivity index (χ0v) is 10.9. The van der Waals surface area contributed by atoms with Gasteiger partial charge < -0.3 is 5.73 Å². The number of benzene rings is 2. The van der Waals surface area contributed by atoms with E-state index in [-0.39, 0.29) is 24.3 Å². The van der Waals surface area contributed by atoms with Gasteiger partial charge in [-0.1, -0.05) is 42.5 Å². The fourth-order valence-corrected chi connectivity index (χ4v) is 1.84. The lowest BCUT2D eigenvalue weighted by atomic mass is 10.00. The molecule has 1 atom stereocenters. The van der Waals surface area contributed by atoms with Gasteiger partial charge in [-0.25, -0.2) is 4.39 Å². The molecule has 18 heavy (non-hydrogen) atoms. The van der Waals surface area contributed by atoms with Crippen LogP contribution in [0.15, 0.2) is 54.6 Å². The Hall–Kier alpha value is -1.38. The van der Waals surface area contributed by atoms with Crippen LogP contribution < -0.4 is 5.73 Å². The minimum atomic E-state index is -0.193. The third-order valence-electron chi connectivity index (χ3n) is 2.88. The van der Waals surface area contributed by atoms with Gasteiger partial charge in [0.05, 0.1) is 0 Å². The highest BCUT2D eigenvalue weighted by atomic mass is 35.5. The van der Waals surface area contributed by atoms with Gasteiger partial charge in [-0.3, -0.25) is 0 Å². The molecule has 0 saturated heterocycles. The van der Waals surface area contributed by atoms with Crippen molar-refractivity contribution in [1.82, 2.24) is 0 Å². The van der Waals surface area contributed by atoms with E-state index in [9.17, 15) is 4.39 Å². The molecule has 96 valence electrons. The summed E-state index contributed by atoms with van der Waals surface area (Å²) in [6.07, 6.45) is 1.74. The minimum Gasteiger partial charge on any atom is -0.324 e. The van der Waals surface area contributed by atoms with Crippen molar-refractivity contribution in [2.75, 3.05) is 0 Å². The summed E-state index contributed by atoms with van der Waals surface area (Å²) in [5.41, 5.74) is 8.37. The summed E-state index contributed by atoms with van der Waals surface area (Å²) in [7, 11) is 0. The lowest BCUT2D eigenvalue weighted by molar-refractivity contribution is 0.623. The van der Waals surface area contributed by atoms with Crippen LogP contribution in [-0.4, -0.2) is 0 Å². The second kappa shape index (κ2) is 7.14. The molecule has 1 unspecified atom stereocenters. The molecule has 0 aromatic heterocycles. The molecule has 0 aliphatic rings. The van der Waals surface area contributed by atoms with E-state index < -0.39 is 0 Å². The van der Waals surface area contributed by atoms with Crippen molar-refractivity contribution in [2.45, 2.75) is 18.9 Å². The second-order valence-corrected chi connectivity index (χ2v) is 4.18. The quantitative estimate of drug-likeness (QED) is 0.892. The lowest BCUT2D eigenvalue weighted by Crippen LogP contribution is -2.11. The molecule has 0 amide bonds. The highest BCUT2D eigenvalue weighted by Gasteiger charge is 2.05. The maximum Gasteiger partial charge on any atom is 0.123 e. The van der Waals surface area contributed by atoms with Crippen molar-refractivity contribution >= 4 is 12.4 Å². The summed E-state index contributed by atoms with van der Waals surface area (Å²) in [6.45, 7) is 0. The molecular weight excluding hydrogens is 249 g/mol. The van der Waals surface area contributed by atoms with Gasteiger partial charge in [0.1, 0.15) is 5.82 Å². The van der Waals surface area contributed by atoms with Crippen LogP contribution in [0.3, 0.4) is 0 Å². The van der Waals surface area contributed by atoms with Crippen LogP contribution in [0.4, 0.5) is 4.39 Å². The first-order valence-corrected chi connectivity index (χ1v) is 5.80. The lowest BCUT2D eigenvalue weighted by Gasteiger charge is -2.11. The predicted molar refractivity (Wildman–Crippen MR) is 75.3 cm³/mol. The van der Waals surface area contributed by atoms with Crippen LogP contribution in [-0.2, 0) is 6.42 Å². The Morgan fingerprint density at radius 1 is 0.944 bits per heavy atom. The van der Waals surface area contributed by atoms with Gasteiger partial charge in [0, 0.05) is 6.04 Å². The van der Waals surface area contributed by atoms with Crippen LogP contribution in [0, 0.1) is 5.82 Å². The van der Waals surface area contributed by atoms with Crippen molar-refractivity contribution in [3.8, 4) is 0 Å². The Morgan fingerprint density at radius 3 is 2.17 bits per heavy atom. The molecule has 2 aromatic carbocycles. The first-order valence-electron chi connectivity index (χ1n) is 5.80. The molecule has 2 aromatic rings. The Bertz CT molecular complexity index is 456. The number of hydrogen-bond donors (Lipinski definition) is 1. The zero-order valence-electron chi connectivity index (χ0n) is 10.1. The zero-order chi connectivity index (χ0) is 12.1. The van der Waals surface area contributed by atoms with E-state index in [1.54, 1.807) is 0 Å². The fourth-order valence-electron chi connectivity index (χ4n) is 1.84. The molecule has 0 radical (unpaired) electrons. The summed E-state index contributed by atoms with van der Waals surface area (Å²) < 4.78 is 12.7. The molecule has 0 aliphatic carbocycles. The topological polar surface area (TPSA) is 26.0 Å². The van der Waals surface area contributed by atoms with E-state index >= 15 is 0 Å². The summed E-state index contributed by atoms with van der Waals surface area (Å²) >= 11 is 0. The number of rotatable bonds is 4. The Labute approximate surface area is 113 Å². The monoisotopic (exact) mass is 265 g/mol. The van der Waals surface area contributed by atoms with Crippen LogP contribution in [0.1, 0.15) is 23.6 Å². The number of aryl methyl sites for hydroxylation is 1. The molecule has 3 heteroatoms. The Morgan fingerprint density at radius 2 is 1.56 bits per heavy atom. The molecule has 0 heterocycles. The van der Waals surface area contributed by atoms with Crippen LogP contribution >= 0.6 is 12.4 Å². The molecule has 1 nitrogen and oxygen atoms in total. The van der Waals surface area contributed by atoms with Crippen LogP contribution in [0.5, 0.6) is 0 Å². The highest BCUT2D eigenvalue weighted by molar-refractivity contribution is 5.85. The number of hydrogen-bond acceptors (Lipinski definition) is 1. The van der Waals surface area contributed by atoms with E-state index in [4.69, 9.17) is 5.73 Å². The summed E-state index contributed by atoms with van der Waals surface area (Å²) in [6, 6.07) is 16.7. The average molecular weight is 266 g/mol. The average Bonchev–Trinajstić information content (AvgIpc) is 2.39. The van der Waals surface area contributed by atoms with Gasteiger partial charge in [0.25, 0.3) is 0 Å². The third kappa shape index (κ3) is 4.13. The molecule has 0 fully saturated rings. The maximum atomic E-state index is 12.7. The molecule has 2 N–H and O–H groups in total. The van der Waals surface area contributed by atoms with Gasteiger partial charge in [0.2, 0.25) is 0 Å². The normalized spacial score (nSPS) is 11.7. The SMILES string of the molecule is Cl.NC(CCc1ccc(F)cc1)c1ccccc1. The maximum absolute atomic E-state index is 12.7. The molecular formula is C15H17ClFN. The van der Waals surface area contributed by atoms with Crippen molar-refractivity contribution in [2.24, 2.45) is 5.73 Å². The number of nitrogens with two attached hydrogens (primary N) is 1. The predicted octanol–water partition coefficient (Wildman–Crippen LogP) is 3.88. The largest absolute Gasteiger partial charge is 0.324 e. The van der Waals surface area contributed by atoms with E-state index in [1.165, 1.54) is 12.1 Å². The van der Waals surface area contributed by atoms with Gasteiger partial charge in [-0.15, -0.1) is 12.4 Å². The molecule has 0 bridgehead atoms. The Balaban J connectivity index is 0.00000162. The molecule has 2 rings (SSSR count). The van der Waals surface area contributed by atoms with Gasteiger partial charge in [0.15, 0.2) is 0 Å². The van der Waals surface area contributed by atoms with E-state index in [0.717, 1.165) is 24.0 Å². The van der Waals surface area contributed by atoms with Crippen molar-refractivity contribution in [3.05, 3.63) is 71.5 Å². The summed E-state index contributed by atoms with van der Waals surface area (Å²) in [5, 5.41) is 0. The standard InChI is InChI=1S/C15H16FN.ClH/c16-14-9-6-12(7-10-14)8-11-15(17)13-4-2-1-3-5-13;/h1-7,9-10,15H,8,11,17H2;1H. The van der Waals surface area contributed by atoms with Gasteiger partial charge in [-0.05, 0) is 36.1 Å². The highest BCUT2D eigenvalue weighted by Crippen LogP contribution is 2.16. The summed E-state index contributed by atoms with van der Waals surface area (Å²) in [5.74, 6) is -0.193. The van der Waals surface area contributed by atoms with E-state index in [0.29, 0.717) is 0 Å². The summed E-state index contributed by atoms with van der Waals surface area (Å²) in [4.78, 5) is 0. The fraction of sp³-hybridized carbons (Fsp3) is 0.200. The Kier molecular flexibility index (Phi) is 5.83. The van der Waals surface area contributed by atoms with E-state index in [1.807, 2.05) is 42.5 Å². The second-order valence-electron chi connectivity index (χ2n) is 4.18. The molecule has 0 saturated carbocycles. The first kappa shape index (κ1) is 14.7. The molecule has 0 aliphatic heterocycles. The number of halogens is 2. The van der Waals surface area contributed by atoms with Crippen LogP contribution in [0.2, 0.25) is 0 Å².